The molecule has 1 aliphatic rings. The van der Waals surface area contributed by atoms with Crippen LogP contribution in [0, 0.1) is 6.92 Å². The number of fused-ring (bicyclic) bond motifs is 2. The Bertz CT molecular complexity index is 1060. The monoisotopic (exact) mass is 430 g/mol. The Morgan fingerprint density at radius 3 is 2.77 bits per heavy atom. The van der Waals surface area contributed by atoms with Crippen LogP contribution in [-0.2, 0) is 6.54 Å². The molecule has 1 atom stereocenters. The molecule has 0 fully saturated rings. The van der Waals surface area contributed by atoms with E-state index in [2.05, 4.69) is 5.32 Å². The van der Waals surface area contributed by atoms with Crippen LogP contribution in [-0.4, -0.2) is 60.8 Å². The lowest BCUT2D eigenvalue weighted by Gasteiger charge is -2.32. The molecule has 2 aromatic carbocycles. The van der Waals surface area contributed by atoms with Crippen molar-refractivity contribution in [3.8, 4) is 0 Å². The minimum atomic E-state index is -2.88. The van der Waals surface area contributed by atoms with Crippen LogP contribution in [0.15, 0.2) is 47.4 Å². The number of benzene rings is 2. The summed E-state index contributed by atoms with van der Waals surface area (Å²) in [7, 11) is -2.88. The zero-order valence-corrected chi connectivity index (χ0v) is 17.5. The second-order valence-electron chi connectivity index (χ2n) is 7.51. The SMILES string of the molecule is Cc1ccc2nc(N3CCS(O)(O)c4ccccc4C3)nc(NCC(O)CO)c2c1. The number of aliphatic hydroxyl groups is 2. The Balaban J connectivity index is 1.74. The predicted molar refractivity (Wildman–Crippen MR) is 119 cm³/mol. The van der Waals surface area contributed by atoms with Gasteiger partial charge in [0.05, 0.1) is 28.9 Å². The highest BCUT2D eigenvalue weighted by molar-refractivity contribution is 8.24. The van der Waals surface area contributed by atoms with E-state index in [0.29, 0.717) is 29.8 Å². The summed E-state index contributed by atoms with van der Waals surface area (Å²) >= 11 is 0. The fourth-order valence-electron chi connectivity index (χ4n) is 3.54. The molecular formula is C21H26N4O4S. The largest absolute Gasteiger partial charge is 0.394 e. The Hall–Kier alpha value is -2.43. The molecule has 0 radical (unpaired) electrons. The number of aryl methyl sites for hydroxylation is 1. The van der Waals surface area contributed by atoms with Gasteiger partial charge in [0.25, 0.3) is 0 Å². The smallest absolute Gasteiger partial charge is 0.228 e. The Labute approximate surface area is 176 Å². The normalized spacial score (nSPS) is 17.8. The molecule has 30 heavy (non-hydrogen) atoms. The molecular weight excluding hydrogens is 404 g/mol. The van der Waals surface area contributed by atoms with Crippen LogP contribution >= 0.6 is 10.6 Å². The van der Waals surface area contributed by atoms with E-state index in [1.54, 1.807) is 6.07 Å². The second-order valence-corrected chi connectivity index (χ2v) is 9.69. The standard InChI is InChI=1S/C21H26N4O4S/c1-14-6-7-18-17(10-14)20(22-11-16(27)13-26)24-21(23-18)25-8-9-30(28,29)19-5-3-2-4-15(19)12-25/h2-7,10,16,26-29H,8-9,11-13H2,1H3,(H,22,23,24). The summed E-state index contributed by atoms with van der Waals surface area (Å²) in [6, 6.07) is 13.2. The van der Waals surface area contributed by atoms with Crippen LogP contribution in [0.4, 0.5) is 11.8 Å². The molecule has 4 rings (SSSR count). The van der Waals surface area contributed by atoms with E-state index in [0.717, 1.165) is 22.0 Å². The highest BCUT2D eigenvalue weighted by atomic mass is 32.3. The predicted octanol–water partition coefficient (Wildman–Crippen LogP) is 2.83. The van der Waals surface area contributed by atoms with Crippen LogP contribution < -0.4 is 10.2 Å². The van der Waals surface area contributed by atoms with Gasteiger partial charge in [0.1, 0.15) is 5.82 Å². The third kappa shape index (κ3) is 4.21. The summed E-state index contributed by atoms with van der Waals surface area (Å²) in [5.41, 5.74) is 2.64. The van der Waals surface area contributed by atoms with Gasteiger partial charge in [-0.3, -0.25) is 9.11 Å². The van der Waals surface area contributed by atoms with Crippen molar-refractivity contribution >= 4 is 33.3 Å². The van der Waals surface area contributed by atoms with Gasteiger partial charge in [-0.1, -0.05) is 29.8 Å². The van der Waals surface area contributed by atoms with Crippen molar-refractivity contribution < 1.29 is 19.3 Å². The van der Waals surface area contributed by atoms with E-state index in [-0.39, 0.29) is 18.9 Å². The maximum absolute atomic E-state index is 10.6. The molecule has 5 N–H and O–H groups in total. The lowest BCUT2D eigenvalue weighted by Crippen LogP contribution is -2.28. The topological polar surface area (TPSA) is 122 Å². The van der Waals surface area contributed by atoms with Crippen molar-refractivity contribution in [2.24, 2.45) is 0 Å². The number of hydrogen-bond acceptors (Lipinski definition) is 8. The number of hydrogen-bond donors (Lipinski definition) is 5. The third-order valence-corrected chi connectivity index (χ3v) is 7.02. The molecule has 0 saturated carbocycles. The molecule has 8 nitrogen and oxygen atoms in total. The van der Waals surface area contributed by atoms with Gasteiger partial charge in [-0.25, -0.2) is 4.98 Å². The Kier molecular flexibility index (Phi) is 5.81. The zero-order chi connectivity index (χ0) is 21.3. The molecule has 0 saturated heterocycles. The van der Waals surface area contributed by atoms with Gasteiger partial charge in [-0.2, -0.15) is 15.6 Å². The first-order valence-electron chi connectivity index (χ1n) is 9.77. The van der Waals surface area contributed by atoms with Gasteiger partial charge in [0.15, 0.2) is 0 Å². The Morgan fingerprint density at radius 1 is 1.17 bits per heavy atom. The molecule has 160 valence electrons. The zero-order valence-electron chi connectivity index (χ0n) is 16.7. The molecule has 2 heterocycles. The van der Waals surface area contributed by atoms with Gasteiger partial charge in [0, 0.05) is 25.0 Å². The highest BCUT2D eigenvalue weighted by Crippen LogP contribution is 2.51. The minimum absolute atomic E-state index is 0.152. The average molecular weight is 431 g/mol. The van der Waals surface area contributed by atoms with Gasteiger partial charge < -0.3 is 20.4 Å². The van der Waals surface area contributed by atoms with E-state index < -0.39 is 16.7 Å². The van der Waals surface area contributed by atoms with Crippen LogP contribution in [0.5, 0.6) is 0 Å². The third-order valence-electron chi connectivity index (χ3n) is 5.17. The first-order valence-corrected chi connectivity index (χ1v) is 11.5. The van der Waals surface area contributed by atoms with E-state index in [4.69, 9.17) is 15.1 Å². The number of nitrogens with zero attached hydrogens (tertiary/aromatic N) is 3. The van der Waals surface area contributed by atoms with E-state index in [1.807, 2.05) is 48.2 Å². The van der Waals surface area contributed by atoms with Crippen molar-refractivity contribution in [2.75, 3.05) is 35.7 Å². The first kappa shape index (κ1) is 20.8. The van der Waals surface area contributed by atoms with Crippen LogP contribution in [0.25, 0.3) is 10.9 Å². The van der Waals surface area contributed by atoms with Gasteiger partial charge >= 0.3 is 0 Å². The van der Waals surface area contributed by atoms with Gasteiger partial charge in [-0.05, 0) is 30.7 Å². The van der Waals surface area contributed by atoms with Crippen LogP contribution in [0.1, 0.15) is 11.1 Å². The van der Waals surface area contributed by atoms with Crippen LogP contribution in [0.3, 0.4) is 0 Å². The molecule has 1 unspecified atom stereocenters. The van der Waals surface area contributed by atoms with Crippen LogP contribution in [0.2, 0.25) is 0 Å². The fraction of sp³-hybridized carbons (Fsp3) is 0.333. The molecule has 1 aliphatic heterocycles. The summed E-state index contributed by atoms with van der Waals surface area (Å²) in [5.74, 6) is 1.24. The number of nitrogens with one attached hydrogen (secondary N) is 1. The maximum atomic E-state index is 10.6. The summed E-state index contributed by atoms with van der Waals surface area (Å²) < 4.78 is 21.2. The fourth-order valence-corrected chi connectivity index (χ4v) is 5.09. The van der Waals surface area contributed by atoms with Gasteiger partial charge in [-0.15, -0.1) is 0 Å². The first-order chi connectivity index (χ1) is 14.4. The maximum Gasteiger partial charge on any atom is 0.228 e. The molecule has 0 amide bonds. The summed E-state index contributed by atoms with van der Waals surface area (Å²) in [4.78, 5) is 11.9. The highest BCUT2D eigenvalue weighted by Gasteiger charge is 2.27. The number of rotatable bonds is 5. The van der Waals surface area contributed by atoms with E-state index in [9.17, 15) is 14.2 Å². The molecule has 0 aliphatic carbocycles. The van der Waals surface area contributed by atoms with Crippen molar-refractivity contribution in [1.29, 1.82) is 0 Å². The van der Waals surface area contributed by atoms with Crippen molar-refractivity contribution in [2.45, 2.75) is 24.5 Å². The molecule has 1 aromatic heterocycles. The average Bonchev–Trinajstić information content (AvgIpc) is 2.88. The minimum Gasteiger partial charge on any atom is -0.394 e. The Morgan fingerprint density at radius 2 is 1.97 bits per heavy atom. The van der Waals surface area contributed by atoms with Crippen molar-refractivity contribution in [3.63, 3.8) is 0 Å². The van der Waals surface area contributed by atoms with Crippen molar-refractivity contribution in [1.82, 2.24) is 9.97 Å². The second kappa shape index (κ2) is 8.37. The number of aromatic nitrogens is 2. The van der Waals surface area contributed by atoms with Crippen molar-refractivity contribution in [3.05, 3.63) is 53.6 Å². The summed E-state index contributed by atoms with van der Waals surface area (Å²) in [5, 5.41) is 22.8. The quantitative estimate of drug-likeness (QED) is 0.419. The molecule has 0 spiro atoms. The lowest BCUT2D eigenvalue weighted by atomic mass is 10.1. The molecule has 9 heteroatoms. The number of anilines is 2. The molecule has 3 aromatic rings. The van der Waals surface area contributed by atoms with Gasteiger partial charge in [0.2, 0.25) is 5.95 Å². The lowest BCUT2D eigenvalue weighted by molar-refractivity contribution is 0.105. The summed E-state index contributed by atoms with van der Waals surface area (Å²) in [6.07, 6.45) is -0.902. The summed E-state index contributed by atoms with van der Waals surface area (Å²) in [6.45, 7) is 2.65. The van der Waals surface area contributed by atoms with E-state index in [1.165, 1.54) is 0 Å². The van der Waals surface area contributed by atoms with E-state index >= 15 is 0 Å². The molecule has 0 bridgehead atoms. The number of aliphatic hydroxyl groups excluding tert-OH is 2.